The third-order valence-corrected chi connectivity index (χ3v) is 1.61. The maximum atomic E-state index is 10.9. The lowest BCUT2D eigenvalue weighted by Gasteiger charge is -2.09. The first-order chi connectivity index (χ1) is 6.16. The number of aliphatic hydroxyl groups excluding tert-OH is 1. The van der Waals surface area contributed by atoms with Gasteiger partial charge in [-0.25, -0.2) is 4.79 Å². The van der Waals surface area contributed by atoms with Crippen LogP contribution in [0.5, 0.6) is 0 Å². The highest BCUT2D eigenvalue weighted by Crippen LogP contribution is 2.19. The summed E-state index contributed by atoms with van der Waals surface area (Å²) in [6, 6.07) is 1.50. The topological polar surface area (TPSA) is 85.4 Å². The van der Waals surface area contributed by atoms with E-state index >= 15 is 0 Å². The fourth-order valence-corrected chi connectivity index (χ4v) is 0.884. The summed E-state index contributed by atoms with van der Waals surface area (Å²) in [7, 11) is 1.19. The molecule has 1 atom stereocenters. The third kappa shape index (κ3) is 1.94. The maximum absolute atomic E-state index is 10.9. The zero-order chi connectivity index (χ0) is 9.84. The van der Waals surface area contributed by atoms with E-state index in [1.165, 1.54) is 25.6 Å². The van der Waals surface area contributed by atoms with Gasteiger partial charge in [0.2, 0.25) is 0 Å². The molecule has 5 heteroatoms. The Morgan fingerprint density at radius 3 is 3.00 bits per heavy atom. The Morgan fingerprint density at radius 1 is 1.77 bits per heavy atom. The van der Waals surface area contributed by atoms with Gasteiger partial charge in [0.05, 0.1) is 7.11 Å². The van der Waals surface area contributed by atoms with E-state index in [9.17, 15) is 9.90 Å². The number of esters is 1. The Morgan fingerprint density at radius 2 is 2.46 bits per heavy atom. The molecule has 1 rings (SSSR count). The number of methoxy groups -OCH3 is 1. The number of carbonyl (C=O) groups is 1. The van der Waals surface area contributed by atoms with E-state index in [-0.39, 0.29) is 5.56 Å². The number of carbonyl (C=O) groups excluding carboxylic acids is 1. The molecule has 1 unspecified atom stereocenters. The number of nitrogens with zero attached hydrogens (tertiary/aromatic N) is 1. The van der Waals surface area contributed by atoms with Crippen molar-refractivity contribution >= 4 is 11.7 Å². The Hall–Kier alpha value is -1.62. The van der Waals surface area contributed by atoms with Crippen molar-refractivity contribution in [1.29, 1.82) is 0 Å². The molecular formula is C8H10N2O3. The molecule has 0 spiro atoms. The van der Waals surface area contributed by atoms with Crippen molar-refractivity contribution in [3.63, 3.8) is 0 Å². The number of nitrogen functional groups attached to an aromatic ring is 1. The summed E-state index contributed by atoms with van der Waals surface area (Å²) in [5.41, 5.74) is 6.08. The second-order valence-corrected chi connectivity index (χ2v) is 2.43. The van der Waals surface area contributed by atoms with Gasteiger partial charge in [-0.1, -0.05) is 0 Å². The molecule has 0 saturated heterocycles. The molecule has 5 nitrogen and oxygen atoms in total. The van der Waals surface area contributed by atoms with Crippen LogP contribution in [-0.2, 0) is 9.53 Å². The van der Waals surface area contributed by atoms with Crippen LogP contribution in [0.4, 0.5) is 5.69 Å². The largest absolute Gasteiger partial charge is 0.467 e. The predicted molar refractivity (Wildman–Crippen MR) is 45.6 cm³/mol. The second kappa shape index (κ2) is 3.86. The van der Waals surface area contributed by atoms with Crippen LogP contribution in [0, 0.1) is 0 Å². The molecule has 0 aromatic carbocycles. The van der Waals surface area contributed by atoms with Gasteiger partial charge in [-0.15, -0.1) is 0 Å². The second-order valence-electron chi connectivity index (χ2n) is 2.43. The van der Waals surface area contributed by atoms with Crippen molar-refractivity contribution in [3.05, 3.63) is 24.0 Å². The third-order valence-electron chi connectivity index (χ3n) is 1.61. The number of ether oxygens (including phenoxy) is 1. The molecule has 0 saturated carbocycles. The molecule has 0 bridgehead atoms. The predicted octanol–water partition coefficient (Wildman–Crippen LogP) is -0.130. The average Bonchev–Trinajstić information content (AvgIpc) is 2.16. The molecule has 3 N–H and O–H groups in total. The van der Waals surface area contributed by atoms with E-state index in [1.54, 1.807) is 0 Å². The van der Waals surface area contributed by atoms with Gasteiger partial charge in [-0.05, 0) is 6.07 Å². The summed E-state index contributed by atoms with van der Waals surface area (Å²) >= 11 is 0. The quantitative estimate of drug-likeness (QED) is 0.622. The minimum atomic E-state index is -1.36. The monoisotopic (exact) mass is 182 g/mol. The Labute approximate surface area is 75.2 Å². The van der Waals surface area contributed by atoms with Crippen molar-refractivity contribution in [2.24, 2.45) is 0 Å². The Kier molecular flexibility index (Phi) is 2.81. The van der Waals surface area contributed by atoms with Gasteiger partial charge < -0.3 is 15.6 Å². The highest BCUT2D eigenvalue weighted by molar-refractivity contribution is 5.78. The molecule has 0 aliphatic heterocycles. The first-order valence-electron chi connectivity index (χ1n) is 3.62. The van der Waals surface area contributed by atoms with E-state index in [0.717, 1.165) is 0 Å². The molecule has 0 fully saturated rings. The van der Waals surface area contributed by atoms with E-state index in [4.69, 9.17) is 5.73 Å². The zero-order valence-corrected chi connectivity index (χ0v) is 7.10. The first-order valence-corrected chi connectivity index (χ1v) is 3.62. The van der Waals surface area contributed by atoms with E-state index in [1.807, 2.05) is 0 Å². The van der Waals surface area contributed by atoms with Gasteiger partial charge >= 0.3 is 5.97 Å². The summed E-state index contributed by atoms with van der Waals surface area (Å²) in [5, 5.41) is 9.38. The van der Waals surface area contributed by atoms with E-state index in [0.29, 0.717) is 5.69 Å². The number of aliphatic hydroxyl groups is 1. The molecule has 0 aliphatic carbocycles. The molecule has 13 heavy (non-hydrogen) atoms. The van der Waals surface area contributed by atoms with Crippen LogP contribution >= 0.6 is 0 Å². The molecule has 0 radical (unpaired) electrons. The van der Waals surface area contributed by atoms with Gasteiger partial charge in [0.1, 0.15) is 0 Å². The summed E-state index contributed by atoms with van der Waals surface area (Å²) in [5.74, 6) is -0.750. The number of aromatic nitrogens is 1. The van der Waals surface area contributed by atoms with Crippen molar-refractivity contribution in [1.82, 2.24) is 4.98 Å². The molecular weight excluding hydrogens is 172 g/mol. The van der Waals surface area contributed by atoms with Crippen LogP contribution in [0.25, 0.3) is 0 Å². The average molecular weight is 182 g/mol. The van der Waals surface area contributed by atoms with Crippen LogP contribution in [0.2, 0.25) is 0 Å². The smallest absolute Gasteiger partial charge is 0.339 e. The molecule has 70 valence electrons. The van der Waals surface area contributed by atoms with Crippen LogP contribution in [0.3, 0.4) is 0 Å². The SMILES string of the molecule is COC(=O)C(O)c1cnccc1N. The zero-order valence-electron chi connectivity index (χ0n) is 7.10. The number of hydrogen-bond donors (Lipinski definition) is 2. The summed E-state index contributed by atoms with van der Waals surface area (Å²) < 4.78 is 4.35. The maximum Gasteiger partial charge on any atom is 0.339 e. The Balaban J connectivity index is 2.95. The normalized spacial score (nSPS) is 12.2. The standard InChI is InChI=1S/C8H10N2O3/c1-13-8(12)7(11)5-4-10-3-2-6(5)9/h2-4,7,11H,1H3,(H2,9,10). The molecule has 1 aromatic heterocycles. The number of nitrogens with two attached hydrogens (primary N) is 1. The van der Waals surface area contributed by atoms with Gasteiger partial charge in [-0.3, -0.25) is 4.98 Å². The molecule has 1 aromatic rings. The minimum absolute atomic E-state index is 0.259. The van der Waals surface area contributed by atoms with Crippen LogP contribution < -0.4 is 5.73 Å². The van der Waals surface area contributed by atoms with Gasteiger partial charge in [0, 0.05) is 23.6 Å². The van der Waals surface area contributed by atoms with Gasteiger partial charge in [0.25, 0.3) is 0 Å². The molecule has 0 aliphatic rings. The molecule has 1 heterocycles. The van der Waals surface area contributed by atoms with Crippen LogP contribution in [-0.4, -0.2) is 23.2 Å². The van der Waals surface area contributed by atoms with Gasteiger partial charge in [-0.2, -0.15) is 0 Å². The number of rotatable bonds is 2. The first kappa shape index (κ1) is 9.47. The minimum Gasteiger partial charge on any atom is -0.467 e. The van der Waals surface area contributed by atoms with Crippen molar-refractivity contribution in [2.45, 2.75) is 6.10 Å². The molecule has 0 amide bonds. The van der Waals surface area contributed by atoms with Crippen LogP contribution in [0.15, 0.2) is 18.5 Å². The van der Waals surface area contributed by atoms with Crippen molar-refractivity contribution in [3.8, 4) is 0 Å². The summed E-state index contributed by atoms with van der Waals surface area (Å²) in [6.45, 7) is 0. The summed E-state index contributed by atoms with van der Waals surface area (Å²) in [4.78, 5) is 14.6. The van der Waals surface area contributed by atoms with Crippen molar-refractivity contribution < 1.29 is 14.6 Å². The van der Waals surface area contributed by atoms with Crippen molar-refractivity contribution in [2.75, 3.05) is 12.8 Å². The lowest BCUT2D eigenvalue weighted by atomic mass is 10.1. The lowest BCUT2D eigenvalue weighted by Crippen LogP contribution is -2.15. The highest BCUT2D eigenvalue weighted by atomic mass is 16.5. The van der Waals surface area contributed by atoms with E-state index < -0.39 is 12.1 Å². The Bertz CT molecular complexity index is 314. The fourth-order valence-electron chi connectivity index (χ4n) is 0.884. The fraction of sp³-hybridized carbons (Fsp3) is 0.250. The number of hydrogen-bond acceptors (Lipinski definition) is 5. The number of pyridine rings is 1. The van der Waals surface area contributed by atoms with Gasteiger partial charge in [0.15, 0.2) is 6.10 Å². The number of anilines is 1. The summed E-state index contributed by atoms with van der Waals surface area (Å²) in [6.07, 6.45) is 1.44. The lowest BCUT2D eigenvalue weighted by molar-refractivity contribution is -0.150. The van der Waals surface area contributed by atoms with E-state index in [2.05, 4.69) is 9.72 Å². The highest BCUT2D eigenvalue weighted by Gasteiger charge is 2.19. The van der Waals surface area contributed by atoms with Crippen LogP contribution in [0.1, 0.15) is 11.7 Å².